The summed E-state index contributed by atoms with van der Waals surface area (Å²) in [6.45, 7) is 4.51. The van der Waals surface area contributed by atoms with Crippen molar-refractivity contribution >= 4 is 149 Å². The first-order valence-corrected chi connectivity index (χ1v) is 43.8. The monoisotopic (exact) mass is 1870 g/mol. The molecule has 0 saturated heterocycles. The second kappa shape index (κ2) is 45.6. The Morgan fingerprint density at radius 2 is 0.623 bits per heavy atom. The SMILES string of the molecule is CC(C)NC(=O)c1ccc(C(=O)Nc2ccc(Cl)c(-c3ccccn3)c2)cn1.CS(=O)(=O)c1ccc(CNC(=O)c2ccc(C(=O)Nc3ccc(Cl)c(-c4ccccn4)c3)c(Cl)c2)cc1.O=C(NCc1ccc(C(=O)Nc2ccc(Cl)c(-c3ccccn3)c2)c(Cl)c1)c1ccccn1.O=C(Nc1ccc(Cl)c(-c2ccccn2)c1)c1ccc(CNC(=O)c2ccccn2)cc1. The number of hydrogen-bond donors (Lipinski definition) is 8. The average molecular weight is 1870 g/mol. The van der Waals surface area contributed by atoms with Crippen molar-refractivity contribution in [2.24, 2.45) is 0 Å². The third kappa shape index (κ3) is 26.9. The van der Waals surface area contributed by atoms with Gasteiger partial charge in [-0.1, -0.05) is 136 Å². The van der Waals surface area contributed by atoms with Crippen molar-refractivity contribution in [3.8, 4) is 45.0 Å². The highest BCUT2D eigenvalue weighted by Crippen LogP contribution is 2.35. The van der Waals surface area contributed by atoms with E-state index in [4.69, 9.17) is 69.6 Å². The first kappa shape index (κ1) is 94.4. The van der Waals surface area contributed by atoms with Crippen LogP contribution in [0.5, 0.6) is 0 Å². The average Bonchev–Trinajstić information content (AvgIpc) is 0.814. The molecule has 0 aliphatic carbocycles. The summed E-state index contributed by atoms with van der Waals surface area (Å²) in [5.41, 5.74) is 12.9. The van der Waals surface area contributed by atoms with Crippen LogP contribution in [0, 0.1) is 0 Å². The number of rotatable bonds is 24. The molecule has 0 atom stereocenters. The van der Waals surface area contributed by atoms with Gasteiger partial charge in [-0.05, 0) is 243 Å². The van der Waals surface area contributed by atoms with Gasteiger partial charge in [0.15, 0.2) is 9.84 Å². The first-order chi connectivity index (χ1) is 62.7. The Kier molecular flexibility index (Phi) is 33.1. The minimum absolute atomic E-state index is 0.00970. The number of aromatic nitrogens is 7. The number of nitrogens with zero attached hydrogens (tertiary/aromatic N) is 7. The highest BCUT2D eigenvalue weighted by molar-refractivity contribution is 7.90. The second-order valence-electron chi connectivity index (χ2n) is 28.6. The number of benzene rings is 8. The molecular weight excluding hydrogens is 1790 g/mol. The second-order valence-corrected chi connectivity index (χ2v) is 33.1. The molecule has 652 valence electrons. The van der Waals surface area contributed by atoms with Gasteiger partial charge in [-0.2, -0.15) is 0 Å². The number of hydrogen-bond acceptors (Lipinski definition) is 17. The molecule has 0 aliphatic heterocycles. The van der Waals surface area contributed by atoms with E-state index in [0.717, 1.165) is 39.8 Å². The number of carbonyl (C=O) groups is 8. The fraction of sp³-hybridized carbons (Fsp3) is 0.0714. The van der Waals surface area contributed by atoms with E-state index in [2.05, 4.69) is 77.4 Å². The highest BCUT2D eigenvalue weighted by Gasteiger charge is 2.21. The fourth-order valence-electron chi connectivity index (χ4n) is 12.2. The van der Waals surface area contributed by atoms with Crippen LogP contribution in [-0.4, -0.2) is 103 Å². The van der Waals surface area contributed by atoms with E-state index in [0.29, 0.717) is 106 Å². The van der Waals surface area contributed by atoms with Crippen molar-refractivity contribution < 1.29 is 46.8 Å². The van der Waals surface area contributed by atoms with Gasteiger partial charge >= 0.3 is 0 Å². The van der Waals surface area contributed by atoms with Crippen LogP contribution in [0.1, 0.15) is 114 Å². The lowest BCUT2D eigenvalue weighted by atomic mass is 10.1. The smallest absolute Gasteiger partial charge is 0.270 e. The lowest BCUT2D eigenvalue weighted by molar-refractivity contribution is 0.0931. The van der Waals surface area contributed by atoms with Crippen LogP contribution in [0.25, 0.3) is 45.0 Å². The largest absolute Gasteiger partial charge is 0.349 e. The zero-order valence-corrected chi connectivity index (χ0v) is 74.5. The van der Waals surface area contributed by atoms with Crippen LogP contribution in [0.2, 0.25) is 30.1 Å². The number of amides is 8. The summed E-state index contributed by atoms with van der Waals surface area (Å²) in [6.07, 6.45) is 12.3. The summed E-state index contributed by atoms with van der Waals surface area (Å²) in [4.78, 5) is 129. The van der Waals surface area contributed by atoms with Crippen LogP contribution < -0.4 is 42.5 Å². The zero-order valence-electron chi connectivity index (χ0n) is 69.2. The number of sulfone groups is 1. The standard InChI is InChI=1S/C27H21Cl2N3O4S.C25H18Cl2N4O2.C25H19ClN4O2.C21H19ClN4O2/c1-37(35,36)20-9-5-17(6-10-20)16-31-26(33)18-7-11-21(24(29)14-18)27(34)32-19-8-12-23(28)22(15-19)25-4-2-3-13-30-25;26-20-10-8-17(14-19(20)22-5-1-3-11-28-22)31-24(32)18-9-7-16(13-21(18)27)15-30-25(33)23-6-2-4-12-29-23;26-21-12-11-19(15-20(21)22-5-1-3-13-27-22)30-24(31)18-9-7-17(8-10-18)16-29-25(32)23-6-2-4-14-28-23;1-13(2)25-21(28)19-9-6-14(12-24-19)20(27)26-15-7-8-17(22)16(11-15)18-5-3-4-10-23-18/h2-15H,16H2,1H3,(H,31,33)(H,32,34);1-14H,15H2,(H,30,33)(H,31,32);1-15H,16H2,(H,29,32)(H,30,31);3-13H,1-2H3,(H,25,28)(H,26,27). The zero-order chi connectivity index (χ0) is 92.2. The maximum Gasteiger partial charge on any atom is 0.270 e. The van der Waals surface area contributed by atoms with Gasteiger partial charge in [0.1, 0.15) is 17.1 Å². The third-order valence-electron chi connectivity index (χ3n) is 18.8. The van der Waals surface area contributed by atoms with Crippen LogP contribution >= 0.6 is 69.6 Å². The fourth-order valence-corrected chi connectivity index (χ4v) is 14.3. The van der Waals surface area contributed by atoms with Crippen molar-refractivity contribution in [3.05, 3.63) is 414 Å². The van der Waals surface area contributed by atoms with Gasteiger partial charge in [-0.3, -0.25) is 73.2 Å². The predicted octanol–water partition coefficient (Wildman–Crippen LogP) is 20.4. The maximum atomic E-state index is 12.9. The Morgan fingerprint density at radius 3 is 0.977 bits per heavy atom. The molecule has 8 amide bonds. The van der Waals surface area contributed by atoms with Crippen molar-refractivity contribution in [2.75, 3.05) is 27.5 Å². The van der Waals surface area contributed by atoms with E-state index in [1.807, 2.05) is 80.6 Å². The molecule has 0 bridgehead atoms. The van der Waals surface area contributed by atoms with E-state index in [9.17, 15) is 46.8 Å². The molecule has 0 fully saturated rings. The molecule has 8 aromatic carbocycles. The number of anilines is 4. The molecule has 32 heteroatoms. The van der Waals surface area contributed by atoms with Gasteiger partial charge in [0.05, 0.1) is 74.5 Å². The highest BCUT2D eigenvalue weighted by atomic mass is 35.5. The Balaban J connectivity index is 0.000000158. The number of pyridine rings is 7. The summed E-state index contributed by atoms with van der Waals surface area (Å²) < 4.78 is 23.1. The van der Waals surface area contributed by atoms with Crippen molar-refractivity contribution in [1.29, 1.82) is 0 Å². The van der Waals surface area contributed by atoms with Gasteiger partial charge in [0, 0.05) is 131 Å². The molecule has 15 rings (SSSR count). The molecule has 0 aliphatic rings. The minimum atomic E-state index is -3.29. The van der Waals surface area contributed by atoms with Crippen LogP contribution in [0.4, 0.5) is 22.7 Å². The van der Waals surface area contributed by atoms with Crippen molar-refractivity contribution in [2.45, 2.75) is 44.4 Å². The molecular formula is C98H77Cl6N15O10S. The van der Waals surface area contributed by atoms with E-state index >= 15 is 0 Å². The molecule has 130 heavy (non-hydrogen) atoms. The van der Waals surface area contributed by atoms with E-state index in [1.54, 1.807) is 213 Å². The lowest BCUT2D eigenvalue weighted by Gasteiger charge is -2.11. The van der Waals surface area contributed by atoms with Gasteiger partial charge in [0.2, 0.25) is 0 Å². The molecule has 0 unspecified atom stereocenters. The van der Waals surface area contributed by atoms with E-state index < -0.39 is 21.7 Å². The van der Waals surface area contributed by atoms with Gasteiger partial charge in [0.25, 0.3) is 47.3 Å². The number of halogens is 6. The van der Waals surface area contributed by atoms with E-state index in [-0.39, 0.29) is 86.3 Å². The summed E-state index contributed by atoms with van der Waals surface area (Å²) in [6, 6.07) is 78.8. The normalized spacial score (nSPS) is 10.7. The Labute approximate surface area is 777 Å². The molecule has 7 heterocycles. The minimum Gasteiger partial charge on any atom is -0.349 e. The Bertz CT molecular complexity index is 6700. The summed E-state index contributed by atoms with van der Waals surface area (Å²) in [5, 5.41) is 24.9. The Hall–Kier alpha value is -14.7. The molecule has 15 aromatic rings. The number of carbonyl (C=O) groups excluding carboxylic acids is 8. The summed E-state index contributed by atoms with van der Waals surface area (Å²) in [5.74, 6) is -2.60. The van der Waals surface area contributed by atoms with Gasteiger partial charge in [-0.15, -0.1) is 0 Å². The first-order valence-electron chi connectivity index (χ1n) is 39.7. The maximum absolute atomic E-state index is 12.9. The van der Waals surface area contributed by atoms with Crippen LogP contribution in [-0.2, 0) is 29.5 Å². The van der Waals surface area contributed by atoms with Crippen LogP contribution in [0.15, 0.2) is 327 Å². The molecule has 0 spiro atoms. The lowest BCUT2D eigenvalue weighted by Crippen LogP contribution is -2.30. The molecule has 0 saturated carbocycles. The molecule has 25 nitrogen and oxygen atoms in total. The molecule has 7 aromatic heterocycles. The summed E-state index contributed by atoms with van der Waals surface area (Å²) in [7, 11) is -3.29. The Morgan fingerprint density at radius 1 is 0.292 bits per heavy atom. The predicted molar refractivity (Wildman–Crippen MR) is 508 cm³/mol. The number of nitrogens with one attached hydrogen (secondary N) is 8. The van der Waals surface area contributed by atoms with Crippen LogP contribution in [0.3, 0.4) is 0 Å². The van der Waals surface area contributed by atoms with Crippen molar-refractivity contribution in [3.63, 3.8) is 0 Å². The van der Waals surface area contributed by atoms with Crippen molar-refractivity contribution in [1.82, 2.24) is 56.2 Å². The quantitative estimate of drug-likeness (QED) is 0.0279. The molecule has 0 radical (unpaired) electrons. The summed E-state index contributed by atoms with van der Waals surface area (Å²) >= 11 is 37.9. The van der Waals surface area contributed by atoms with E-state index in [1.165, 1.54) is 42.6 Å². The van der Waals surface area contributed by atoms with Gasteiger partial charge < -0.3 is 42.5 Å². The molecule has 8 N–H and O–H groups in total. The topological polar surface area (TPSA) is 357 Å². The van der Waals surface area contributed by atoms with Gasteiger partial charge in [-0.25, -0.2) is 8.42 Å². The third-order valence-corrected chi connectivity index (χ3v) is 21.9.